The molecular weight excluding hydrogens is 159 g/mol. The highest BCUT2D eigenvalue weighted by Crippen LogP contribution is 2.08. The molecule has 11 heavy (non-hydrogen) atoms. The van der Waals surface area contributed by atoms with E-state index in [1.54, 1.807) is 0 Å². The van der Waals surface area contributed by atoms with Crippen LogP contribution in [0.2, 0.25) is 0 Å². The molecule has 0 N–H and O–H groups in total. The van der Waals surface area contributed by atoms with Gasteiger partial charge in [0, 0.05) is 0 Å². The molecule has 0 aliphatic carbocycles. The molecule has 0 fully saturated rings. The van der Waals surface area contributed by atoms with Gasteiger partial charge in [-0.1, -0.05) is 12.1 Å². The molecule has 60 valence electrons. The van der Waals surface area contributed by atoms with E-state index in [4.69, 9.17) is 0 Å². The first-order valence-electron chi connectivity index (χ1n) is 2.95. The molecule has 5 heteroatoms. The molecule has 0 nitrogen and oxygen atoms in total. The molecule has 0 spiro atoms. The van der Waals surface area contributed by atoms with Crippen molar-refractivity contribution in [2.45, 2.75) is 0 Å². The summed E-state index contributed by atoms with van der Waals surface area (Å²) in [5, 5.41) is 0. The Labute approximate surface area is 60.9 Å². The molecule has 0 atom stereocenters. The van der Waals surface area contributed by atoms with E-state index in [2.05, 4.69) is 0 Å². The van der Waals surface area contributed by atoms with Crippen molar-refractivity contribution in [3.05, 3.63) is 30.1 Å². The van der Waals surface area contributed by atoms with Crippen LogP contribution in [-0.2, 0) is 0 Å². The zero-order chi connectivity index (χ0) is 8.48. The Balaban J connectivity index is 2.99. The fourth-order valence-corrected chi connectivity index (χ4v) is 0.681. The summed E-state index contributed by atoms with van der Waals surface area (Å²) in [4.78, 5) is 0. The van der Waals surface area contributed by atoms with E-state index in [0.29, 0.717) is 0 Å². The minimum absolute atomic E-state index is 0.659. The predicted molar refractivity (Wildman–Crippen MR) is 35.1 cm³/mol. The first-order valence-corrected chi connectivity index (χ1v) is 2.95. The minimum atomic E-state index is -4.98. The van der Waals surface area contributed by atoms with Crippen LogP contribution in [0.25, 0.3) is 0 Å². The van der Waals surface area contributed by atoms with Crippen molar-refractivity contribution in [1.29, 1.82) is 0 Å². The molecule has 0 amide bonds. The zero-order valence-corrected chi connectivity index (χ0v) is 5.40. The topological polar surface area (TPSA) is 0 Å². The maximum atomic E-state index is 12.1. The summed E-state index contributed by atoms with van der Waals surface area (Å²) in [5.74, 6) is -0.659. The van der Waals surface area contributed by atoms with E-state index < -0.39 is 18.3 Å². The second-order valence-electron chi connectivity index (χ2n) is 2.13. The molecule has 0 saturated heterocycles. The molecule has 1 rings (SSSR count). The van der Waals surface area contributed by atoms with Crippen LogP contribution < -0.4 is 5.46 Å². The molecule has 0 heterocycles. The maximum absolute atomic E-state index is 12.1. The van der Waals surface area contributed by atoms with Gasteiger partial charge in [0.2, 0.25) is 0 Å². The Hall–Kier alpha value is -0.995. The average Bonchev–Trinajstić information content (AvgIpc) is 1.86. The summed E-state index contributed by atoms with van der Waals surface area (Å²) in [6, 6.07) is 3.06. The largest absolute Gasteiger partial charge is 0.509 e. The molecule has 0 saturated carbocycles. The lowest BCUT2D eigenvalue weighted by molar-refractivity contribution is 0.501. The van der Waals surface area contributed by atoms with Gasteiger partial charge in [0.25, 0.3) is 0 Å². The van der Waals surface area contributed by atoms with Gasteiger partial charge in [-0.3, -0.25) is 0 Å². The number of benzene rings is 1. The van der Waals surface area contributed by atoms with Gasteiger partial charge in [-0.15, -0.1) is 5.46 Å². The molecular formula is C6H4BF4-. The third-order valence-electron chi connectivity index (χ3n) is 1.25. The Morgan fingerprint density at radius 3 is 1.73 bits per heavy atom. The minimum Gasteiger partial charge on any atom is -0.445 e. The van der Waals surface area contributed by atoms with Gasteiger partial charge in [-0.25, -0.2) is 4.39 Å². The van der Waals surface area contributed by atoms with Gasteiger partial charge >= 0.3 is 6.98 Å². The van der Waals surface area contributed by atoms with Crippen molar-refractivity contribution >= 4 is 12.4 Å². The predicted octanol–water partition coefficient (Wildman–Crippen LogP) is 1.88. The van der Waals surface area contributed by atoms with Crippen LogP contribution in [-0.4, -0.2) is 6.98 Å². The summed E-state index contributed by atoms with van der Waals surface area (Å²) in [6.07, 6.45) is 0. The van der Waals surface area contributed by atoms with Crippen LogP contribution in [0, 0.1) is 5.82 Å². The summed E-state index contributed by atoms with van der Waals surface area (Å²) < 4.78 is 47.7. The van der Waals surface area contributed by atoms with Crippen LogP contribution in [0.15, 0.2) is 24.3 Å². The fraction of sp³-hybridized carbons (Fsp3) is 0. The summed E-state index contributed by atoms with van der Waals surface area (Å²) in [7, 11) is 0. The van der Waals surface area contributed by atoms with Crippen molar-refractivity contribution in [1.82, 2.24) is 0 Å². The lowest BCUT2D eigenvalue weighted by atomic mass is 9.80. The van der Waals surface area contributed by atoms with E-state index >= 15 is 0 Å². The van der Waals surface area contributed by atoms with Gasteiger partial charge in [0.1, 0.15) is 5.82 Å². The Bertz CT molecular complexity index is 238. The highest BCUT2D eigenvalue weighted by Gasteiger charge is 2.24. The number of halogens is 4. The first-order chi connectivity index (χ1) is 5.00. The highest BCUT2D eigenvalue weighted by molar-refractivity contribution is 6.73. The Morgan fingerprint density at radius 2 is 1.36 bits per heavy atom. The van der Waals surface area contributed by atoms with E-state index in [9.17, 15) is 17.3 Å². The summed E-state index contributed by atoms with van der Waals surface area (Å²) in [5.41, 5.74) is -0.772. The monoisotopic (exact) mass is 163 g/mol. The van der Waals surface area contributed by atoms with Crippen LogP contribution in [0.4, 0.5) is 17.3 Å². The van der Waals surface area contributed by atoms with E-state index in [-0.39, 0.29) is 0 Å². The standard InChI is InChI=1S/C6H4BF4/c8-6-3-1-5(2-4-6)7(9,10)11/h1-4H/q-1. The zero-order valence-electron chi connectivity index (χ0n) is 5.40. The summed E-state index contributed by atoms with van der Waals surface area (Å²) in [6.45, 7) is -4.98. The average molecular weight is 163 g/mol. The number of hydrogen-bond donors (Lipinski definition) is 0. The maximum Gasteiger partial charge on any atom is 0.509 e. The molecule has 0 bridgehead atoms. The van der Waals surface area contributed by atoms with E-state index in [1.807, 2.05) is 0 Å². The quantitative estimate of drug-likeness (QED) is 0.437. The van der Waals surface area contributed by atoms with Crippen LogP contribution in [0.1, 0.15) is 0 Å². The van der Waals surface area contributed by atoms with Crippen LogP contribution in [0.5, 0.6) is 0 Å². The van der Waals surface area contributed by atoms with Gasteiger partial charge in [0.15, 0.2) is 0 Å². The van der Waals surface area contributed by atoms with Gasteiger partial charge in [-0.2, -0.15) is 0 Å². The third-order valence-corrected chi connectivity index (χ3v) is 1.25. The first kappa shape index (κ1) is 8.10. The van der Waals surface area contributed by atoms with E-state index in [0.717, 1.165) is 24.3 Å². The molecule has 0 aliphatic heterocycles. The lowest BCUT2D eigenvalue weighted by Gasteiger charge is -2.13. The fourth-order valence-electron chi connectivity index (χ4n) is 0.681. The SMILES string of the molecule is Fc1ccc([B-](F)(F)F)cc1. The second-order valence-corrected chi connectivity index (χ2v) is 2.13. The Morgan fingerprint density at radius 1 is 0.909 bits per heavy atom. The number of rotatable bonds is 1. The van der Waals surface area contributed by atoms with Crippen molar-refractivity contribution in [3.63, 3.8) is 0 Å². The van der Waals surface area contributed by atoms with Crippen molar-refractivity contribution in [2.24, 2.45) is 0 Å². The smallest absolute Gasteiger partial charge is 0.445 e. The van der Waals surface area contributed by atoms with Crippen molar-refractivity contribution in [3.8, 4) is 0 Å². The molecule has 0 aliphatic rings. The molecule has 1 aromatic carbocycles. The lowest BCUT2D eigenvalue weighted by Crippen LogP contribution is -2.33. The molecule has 0 radical (unpaired) electrons. The molecule has 0 aromatic heterocycles. The highest BCUT2D eigenvalue weighted by atomic mass is 19.4. The van der Waals surface area contributed by atoms with Crippen molar-refractivity contribution in [2.75, 3.05) is 0 Å². The van der Waals surface area contributed by atoms with Gasteiger partial charge in [-0.05, 0) is 12.1 Å². The van der Waals surface area contributed by atoms with Crippen LogP contribution >= 0.6 is 0 Å². The molecule has 0 unspecified atom stereocenters. The molecule has 1 aromatic rings. The third kappa shape index (κ3) is 1.96. The summed E-state index contributed by atoms with van der Waals surface area (Å²) >= 11 is 0. The van der Waals surface area contributed by atoms with Crippen LogP contribution in [0.3, 0.4) is 0 Å². The van der Waals surface area contributed by atoms with Gasteiger partial charge < -0.3 is 12.9 Å². The van der Waals surface area contributed by atoms with Crippen molar-refractivity contribution < 1.29 is 17.3 Å². The Kier molecular flexibility index (Phi) is 1.89. The normalized spacial score (nSPS) is 11.6. The second kappa shape index (κ2) is 2.56. The van der Waals surface area contributed by atoms with Gasteiger partial charge in [0.05, 0.1) is 0 Å². The number of hydrogen-bond acceptors (Lipinski definition) is 0. The van der Waals surface area contributed by atoms with E-state index in [1.165, 1.54) is 0 Å².